The largest absolute Gasteiger partial charge is 0.504 e. The Morgan fingerprint density at radius 2 is 2.03 bits per heavy atom. The Hall–Kier alpha value is -1.77. The van der Waals surface area contributed by atoms with Crippen LogP contribution in [0.4, 0.5) is 10.5 Å². The van der Waals surface area contributed by atoms with E-state index in [1.54, 1.807) is 13.8 Å². The van der Waals surface area contributed by atoms with Gasteiger partial charge in [-0.2, -0.15) is 0 Å². The molecule has 1 heterocycles. The van der Waals surface area contributed by atoms with Gasteiger partial charge in [-0.1, -0.05) is 23.3 Å². The Kier molecular flexibility index (Phi) is 6.17. The quantitative estimate of drug-likeness (QED) is 0.474. The summed E-state index contributed by atoms with van der Waals surface area (Å²) in [6, 6.07) is 2.16. The minimum atomic E-state index is -4.02. The van der Waals surface area contributed by atoms with Crippen LogP contribution in [0.25, 0.3) is 0 Å². The number of urea groups is 1. The van der Waals surface area contributed by atoms with Gasteiger partial charge >= 0.3 is 6.03 Å². The van der Waals surface area contributed by atoms with Crippen molar-refractivity contribution in [3.05, 3.63) is 28.8 Å². The van der Waals surface area contributed by atoms with Crippen molar-refractivity contribution in [3.63, 3.8) is 0 Å². The Labute approximate surface area is 176 Å². The predicted octanol–water partition coefficient (Wildman–Crippen LogP) is 3.86. The number of halogens is 1. The smallest absolute Gasteiger partial charge is 0.319 e. The monoisotopic (exact) mass is 442 g/mol. The second-order valence-electron chi connectivity index (χ2n) is 8.12. The van der Waals surface area contributed by atoms with Gasteiger partial charge < -0.3 is 20.5 Å². The lowest BCUT2D eigenvalue weighted by atomic mass is 9.94. The molecule has 1 unspecified atom stereocenters. The number of amides is 2. The highest BCUT2D eigenvalue weighted by Gasteiger charge is 2.46. The summed E-state index contributed by atoms with van der Waals surface area (Å²) in [5, 5.41) is 16.0. The standard InChI is InChI=1S/C20H27ClN2O5S/c1-12-5-4-6-15(12)22-19(25)23-16-8-7-14(21)18(17(16)24)29(26,27)20(2,3)13-9-10-28-11-13/h5,7-8,13,15,24H,4,6,9-11H2,1-3H3,(H2,22,23,25)/t13?,15-/m1/s1. The molecule has 0 bridgehead atoms. The first-order chi connectivity index (χ1) is 13.6. The van der Waals surface area contributed by atoms with Crippen molar-refractivity contribution in [3.8, 4) is 5.75 Å². The first kappa shape index (κ1) is 21.9. The Morgan fingerprint density at radius 1 is 1.31 bits per heavy atom. The van der Waals surface area contributed by atoms with E-state index in [1.807, 2.05) is 6.92 Å². The fraction of sp³-hybridized carbons (Fsp3) is 0.550. The Balaban J connectivity index is 1.88. The third kappa shape index (κ3) is 4.11. The van der Waals surface area contributed by atoms with Gasteiger partial charge in [0, 0.05) is 12.5 Å². The highest BCUT2D eigenvalue weighted by atomic mass is 35.5. The first-order valence-electron chi connectivity index (χ1n) is 9.63. The van der Waals surface area contributed by atoms with Crippen LogP contribution < -0.4 is 10.6 Å². The van der Waals surface area contributed by atoms with Crippen molar-refractivity contribution in [1.29, 1.82) is 0 Å². The molecule has 1 fully saturated rings. The zero-order valence-electron chi connectivity index (χ0n) is 16.8. The molecule has 2 aliphatic rings. The lowest BCUT2D eigenvalue weighted by Crippen LogP contribution is -2.40. The SMILES string of the molecule is CC1=CCC[C@H]1NC(=O)Nc1ccc(Cl)c(S(=O)(=O)C(C)(C)C2CCOC2)c1O. The number of hydrogen-bond donors (Lipinski definition) is 3. The van der Waals surface area contributed by atoms with Crippen LogP contribution in [-0.2, 0) is 14.6 Å². The lowest BCUT2D eigenvalue weighted by molar-refractivity contribution is 0.179. The lowest BCUT2D eigenvalue weighted by Gasteiger charge is -2.31. The summed E-state index contributed by atoms with van der Waals surface area (Å²) >= 11 is 6.19. The maximum Gasteiger partial charge on any atom is 0.319 e. The number of nitrogens with one attached hydrogen (secondary N) is 2. The number of phenols is 1. The Bertz CT molecular complexity index is 936. The molecule has 2 atom stereocenters. The van der Waals surface area contributed by atoms with E-state index < -0.39 is 26.4 Å². The number of aromatic hydroxyl groups is 1. The van der Waals surface area contributed by atoms with E-state index in [0.29, 0.717) is 19.6 Å². The molecule has 0 saturated carbocycles. The van der Waals surface area contributed by atoms with E-state index in [1.165, 1.54) is 12.1 Å². The molecule has 1 saturated heterocycles. The molecular formula is C20H27ClN2O5S. The molecule has 1 aromatic rings. The number of rotatable bonds is 5. The highest BCUT2D eigenvalue weighted by Crippen LogP contribution is 2.44. The maximum absolute atomic E-state index is 13.4. The molecule has 3 rings (SSSR count). The number of allylic oxidation sites excluding steroid dienone is 1. The van der Waals surface area contributed by atoms with Gasteiger partial charge in [-0.15, -0.1) is 0 Å². The van der Waals surface area contributed by atoms with Crippen molar-refractivity contribution in [2.45, 2.75) is 55.7 Å². The molecule has 1 aliphatic heterocycles. The number of sulfone groups is 1. The van der Waals surface area contributed by atoms with Crippen LogP contribution >= 0.6 is 11.6 Å². The second kappa shape index (κ2) is 8.16. The van der Waals surface area contributed by atoms with Crippen molar-refractivity contribution >= 4 is 33.2 Å². The van der Waals surface area contributed by atoms with Crippen LogP contribution in [0.3, 0.4) is 0 Å². The van der Waals surface area contributed by atoms with E-state index >= 15 is 0 Å². The van der Waals surface area contributed by atoms with Gasteiger partial charge in [-0.3, -0.25) is 0 Å². The van der Waals surface area contributed by atoms with E-state index in [0.717, 1.165) is 18.4 Å². The highest BCUT2D eigenvalue weighted by molar-refractivity contribution is 7.93. The minimum absolute atomic E-state index is 0.0106. The van der Waals surface area contributed by atoms with Crippen LogP contribution in [0.5, 0.6) is 5.75 Å². The minimum Gasteiger partial charge on any atom is -0.504 e. The number of carbonyl (C=O) groups is 1. The van der Waals surface area contributed by atoms with Crippen molar-refractivity contribution < 1.29 is 23.1 Å². The normalized spacial score (nSPS) is 22.4. The number of ether oxygens (including phenoxy) is 1. The fourth-order valence-electron chi connectivity index (χ4n) is 3.82. The number of anilines is 1. The number of carbonyl (C=O) groups excluding carboxylic acids is 1. The zero-order valence-corrected chi connectivity index (χ0v) is 18.4. The molecule has 7 nitrogen and oxygen atoms in total. The van der Waals surface area contributed by atoms with E-state index in [9.17, 15) is 18.3 Å². The number of phenolic OH excluding ortho intramolecular Hbond substituents is 1. The molecule has 9 heteroatoms. The molecule has 0 radical (unpaired) electrons. The van der Waals surface area contributed by atoms with Crippen LogP contribution in [-0.4, -0.2) is 43.6 Å². The zero-order chi connectivity index (χ0) is 21.4. The maximum atomic E-state index is 13.4. The van der Waals surface area contributed by atoms with Gasteiger partial charge in [-0.25, -0.2) is 13.2 Å². The van der Waals surface area contributed by atoms with Gasteiger partial charge in [0.25, 0.3) is 0 Å². The van der Waals surface area contributed by atoms with Gasteiger partial charge in [0.05, 0.1) is 28.1 Å². The summed E-state index contributed by atoms with van der Waals surface area (Å²) in [6.07, 6.45) is 4.37. The molecule has 3 N–H and O–H groups in total. The average molecular weight is 443 g/mol. The summed E-state index contributed by atoms with van der Waals surface area (Å²) in [6.45, 7) is 6.00. The van der Waals surface area contributed by atoms with Crippen molar-refractivity contribution in [2.75, 3.05) is 18.5 Å². The molecule has 1 aliphatic carbocycles. The fourth-order valence-corrected chi connectivity index (χ4v) is 6.12. The summed E-state index contributed by atoms with van der Waals surface area (Å²) in [4.78, 5) is 12.0. The van der Waals surface area contributed by atoms with Gasteiger partial charge in [0.2, 0.25) is 0 Å². The van der Waals surface area contributed by atoms with Crippen molar-refractivity contribution in [2.24, 2.45) is 5.92 Å². The molecule has 1 aromatic carbocycles. The first-order valence-corrected chi connectivity index (χ1v) is 11.5. The second-order valence-corrected chi connectivity index (χ2v) is 11.0. The van der Waals surface area contributed by atoms with Crippen LogP contribution in [0.2, 0.25) is 5.02 Å². The number of hydrogen-bond acceptors (Lipinski definition) is 5. The van der Waals surface area contributed by atoms with Crippen LogP contribution in [0, 0.1) is 5.92 Å². The molecular weight excluding hydrogens is 416 g/mol. The third-order valence-electron chi connectivity index (χ3n) is 5.98. The molecule has 160 valence electrons. The average Bonchev–Trinajstić information content (AvgIpc) is 3.30. The molecule has 2 amide bonds. The number of benzene rings is 1. The van der Waals surface area contributed by atoms with E-state index in [4.69, 9.17) is 16.3 Å². The Morgan fingerprint density at radius 3 is 2.62 bits per heavy atom. The molecule has 29 heavy (non-hydrogen) atoms. The summed E-state index contributed by atoms with van der Waals surface area (Å²) in [5.41, 5.74) is 1.06. The predicted molar refractivity (Wildman–Crippen MR) is 112 cm³/mol. The van der Waals surface area contributed by atoms with E-state index in [2.05, 4.69) is 16.7 Å². The molecule has 0 spiro atoms. The summed E-state index contributed by atoms with van der Waals surface area (Å²) < 4.78 is 31.0. The van der Waals surface area contributed by atoms with Crippen LogP contribution in [0.15, 0.2) is 28.7 Å². The summed E-state index contributed by atoms with van der Waals surface area (Å²) in [5.74, 6) is -0.779. The molecule has 0 aromatic heterocycles. The third-order valence-corrected chi connectivity index (χ3v) is 9.08. The van der Waals surface area contributed by atoms with E-state index in [-0.39, 0.29) is 27.6 Å². The van der Waals surface area contributed by atoms with Crippen molar-refractivity contribution in [1.82, 2.24) is 5.32 Å². The van der Waals surface area contributed by atoms with Gasteiger partial charge in [-0.05, 0) is 52.2 Å². The topological polar surface area (TPSA) is 105 Å². The summed E-state index contributed by atoms with van der Waals surface area (Å²) in [7, 11) is -4.02. The van der Waals surface area contributed by atoms with Gasteiger partial charge in [0.1, 0.15) is 4.90 Å². The van der Waals surface area contributed by atoms with Gasteiger partial charge in [0.15, 0.2) is 15.6 Å². The van der Waals surface area contributed by atoms with Crippen LogP contribution in [0.1, 0.15) is 40.0 Å².